The van der Waals surface area contributed by atoms with E-state index in [1.807, 2.05) is 6.92 Å². The molecule has 0 saturated carbocycles. The summed E-state index contributed by atoms with van der Waals surface area (Å²) >= 11 is 0. The average Bonchev–Trinajstić information content (AvgIpc) is 2.92. The van der Waals surface area contributed by atoms with Crippen molar-refractivity contribution in [3.05, 3.63) is 96.1 Å². The first-order chi connectivity index (χ1) is 18.2. The molecule has 3 aromatic carbocycles. The second-order valence-corrected chi connectivity index (χ2v) is 10.5. The van der Waals surface area contributed by atoms with E-state index in [9.17, 15) is 26.8 Å². The first-order valence-electron chi connectivity index (χ1n) is 12.3. The van der Waals surface area contributed by atoms with Gasteiger partial charge in [0.05, 0.1) is 10.6 Å². The number of carbonyl (C=O) groups is 2. The number of nitrogens with one attached hydrogen (secondary N) is 1. The number of para-hydroxylation sites is 1. The molecule has 0 spiro atoms. The van der Waals surface area contributed by atoms with E-state index in [0.717, 1.165) is 28.6 Å². The largest absolute Gasteiger partial charge is 0.354 e. The number of hydrogen-bond acceptors (Lipinski definition) is 4. The van der Waals surface area contributed by atoms with Crippen molar-refractivity contribution in [1.29, 1.82) is 0 Å². The Hall–Kier alpha value is -3.79. The number of amides is 2. The molecule has 0 radical (unpaired) electrons. The highest BCUT2D eigenvalue weighted by Crippen LogP contribution is 2.25. The zero-order chi connectivity index (χ0) is 27.7. The Labute approximate surface area is 222 Å². The molecule has 10 heteroatoms. The molecule has 1 N–H and O–H groups in total. The summed E-state index contributed by atoms with van der Waals surface area (Å²) in [6.07, 6.45) is 0.977. The van der Waals surface area contributed by atoms with Crippen molar-refractivity contribution in [2.45, 2.75) is 44.2 Å². The number of anilines is 1. The summed E-state index contributed by atoms with van der Waals surface area (Å²) < 4.78 is 55.2. The van der Waals surface area contributed by atoms with Crippen molar-refractivity contribution in [3.63, 3.8) is 0 Å². The first-order valence-corrected chi connectivity index (χ1v) is 13.8. The fourth-order valence-corrected chi connectivity index (χ4v) is 5.34. The molecule has 0 saturated heterocycles. The molecule has 3 aromatic rings. The first kappa shape index (κ1) is 28.8. The van der Waals surface area contributed by atoms with E-state index in [0.29, 0.717) is 18.5 Å². The molecule has 0 aromatic heterocycles. The molecule has 0 aliphatic heterocycles. The molecule has 0 aliphatic rings. The normalized spacial score (nSPS) is 12.0. The Bertz CT molecular complexity index is 1320. The van der Waals surface area contributed by atoms with Crippen LogP contribution in [0.2, 0.25) is 0 Å². The highest BCUT2D eigenvalue weighted by atomic mass is 32.2. The Morgan fingerprint density at radius 2 is 1.45 bits per heavy atom. The number of carbonyl (C=O) groups excluding carboxylic acids is 2. The lowest BCUT2D eigenvalue weighted by Crippen LogP contribution is -2.52. The number of nitrogens with zero attached hydrogens (tertiary/aromatic N) is 2. The molecule has 1 atom stereocenters. The van der Waals surface area contributed by atoms with Crippen LogP contribution in [0.5, 0.6) is 0 Å². The number of sulfonamides is 1. The van der Waals surface area contributed by atoms with Crippen LogP contribution in [0.4, 0.5) is 14.5 Å². The molecular formula is C28H31F2N3O4S. The van der Waals surface area contributed by atoms with E-state index in [-0.39, 0.29) is 29.5 Å². The standard InChI is InChI=1S/C28H31F2N3O4S/c1-3-18-31-28(35)26(4-2)32(19-21-10-12-22(29)13-11-21)27(34)20-33(24-8-6-5-7-9-24)38(36,37)25-16-14-23(30)15-17-25/h5-17,26H,3-4,18-20H2,1-2H3,(H,31,35). The van der Waals surface area contributed by atoms with Gasteiger partial charge in [-0.1, -0.05) is 44.2 Å². The maximum atomic E-state index is 13.8. The van der Waals surface area contributed by atoms with E-state index in [2.05, 4.69) is 5.32 Å². The number of benzene rings is 3. The quantitative estimate of drug-likeness (QED) is 0.365. The van der Waals surface area contributed by atoms with Crippen molar-refractivity contribution in [1.82, 2.24) is 10.2 Å². The van der Waals surface area contributed by atoms with E-state index in [1.54, 1.807) is 37.3 Å². The van der Waals surface area contributed by atoms with E-state index >= 15 is 0 Å². The van der Waals surface area contributed by atoms with Crippen LogP contribution in [0, 0.1) is 11.6 Å². The summed E-state index contributed by atoms with van der Waals surface area (Å²) in [7, 11) is -4.28. The van der Waals surface area contributed by atoms with Crippen LogP contribution in [-0.2, 0) is 26.2 Å². The van der Waals surface area contributed by atoms with Gasteiger partial charge in [0.15, 0.2) is 0 Å². The van der Waals surface area contributed by atoms with Gasteiger partial charge in [0, 0.05) is 13.1 Å². The summed E-state index contributed by atoms with van der Waals surface area (Å²) in [5, 5.41) is 2.80. The zero-order valence-corrected chi connectivity index (χ0v) is 22.1. The van der Waals surface area contributed by atoms with Crippen molar-refractivity contribution in [2.24, 2.45) is 0 Å². The van der Waals surface area contributed by atoms with E-state index < -0.39 is 40.2 Å². The van der Waals surface area contributed by atoms with Gasteiger partial charge in [-0.2, -0.15) is 0 Å². The third kappa shape index (κ3) is 7.16. The Balaban J connectivity index is 2.01. The predicted molar refractivity (Wildman–Crippen MR) is 142 cm³/mol. The SMILES string of the molecule is CCCNC(=O)C(CC)N(Cc1ccc(F)cc1)C(=O)CN(c1ccccc1)S(=O)(=O)c1ccc(F)cc1. The smallest absolute Gasteiger partial charge is 0.264 e. The van der Waals surface area contributed by atoms with E-state index in [1.165, 1.54) is 29.2 Å². The lowest BCUT2D eigenvalue weighted by molar-refractivity contribution is -0.140. The lowest BCUT2D eigenvalue weighted by atomic mass is 10.1. The van der Waals surface area contributed by atoms with Crippen LogP contribution in [0.25, 0.3) is 0 Å². The summed E-state index contributed by atoms with van der Waals surface area (Å²) in [5.41, 5.74) is 0.810. The second-order valence-electron chi connectivity index (χ2n) is 8.66. The van der Waals surface area contributed by atoms with E-state index in [4.69, 9.17) is 0 Å². The van der Waals surface area contributed by atoms with Crippen LogP contribution in [0.3, 0.4) is 0 Å². The Kier molecular flexibility index (Phi) is 9.95. The van der Waals surface area contributed by atoms with Crippen LogP contribution in [-0.4, -0.2) is 44.3 Å². The third-order valence-electron chi connectivity index (χ3n) is 5.93. The minimum absolute atomic E-state index is 0.0314. The van der Waals surface area contributed by atoms with Gasteiger partial charge in [-0.05, 0) is 66.9 Å². The third-order valence-corrected chi connectivity index (χ3v) is 7.71. The van der Waals surface area contributed by atoms with Crippen LogP contribution in [0.15, 0.2) is 83.8 Å². The topological polar surface area (TPSA) is 86.8 Å². The zero-order valence-electron chi connectivity index (χ0n) is 21.3. The Morgan fingerprint density at radius 1 is 0.868 bits per heavy atom. The molecule has 202 valence electrons. The number of halogens is 2. The molecule has 0 fully saturated rings. The highest BCUT2D eigenvalue weighted by molar-refractivity contribution is 7.92. The maximum absolute atomic E-state index is 13.8. The minimum Gasteiger partial charge on any atom is -0.354 e. The van der Waals surface area contributed by atoms with Crippen LogP contribution in [0.1, 0.15) is 32.3 Å². The lowest BCUT2D eigenvalue weighted by Gasteiger charge is -2.33. The van der Waals surface area contributed by atoms with Crippen molar-refractivity contribution >= 4 is 27.5 Å². The van der Waals surface area contributed by atoms with Crippen LogP contribution < -0.4 is 9.62 Å². The molecule has 3 rings (SSSR count). The number of rotatable bonds is 12. The van der Waals surface area contributed by atoms with Crippen molar-refractivity contribution in [3.8, 4) is 0 Å². The van der Waals surface area contributed by atoms with Gasteiger partial charge in [-0.25, -0.2) is 17.2 Å². The average molecular weight is 544 g/mol. The molecule has 0 bridgehead atoms. The fourth-order valence-electron chi connectivity index (χ4n) is 3.93. The summed E-state index contributed by atoms with van der Waals surface area (Å²) in [6.45, 7) is 3.44. The predicted octanol–water partition coefficient (Wildman–Crippen LogP) is 4.49. The van der Waals surface area contributed by atoms with Gasteiger partial charge >= 0.3 is 0 Å². The summed E-state index contributed by atoms with van der Waals surface area (Å²) in [4.78, 5) is 27.9. The molecule has 2 amide bonds. The van der Waals surface area contributed by atoms with Crippen molar-refractivity contribution < 1.29 is 26.8 Å². The van der Waals surface area contributed by atoms with Gasteiger partial charge < -0.3 is 10.2 Å². The maximum Gasteiger partial charge on any atom is 0.264 e. The molecule has 38 heavy (non-hydrogen) atoms. The Morgan fingerprint density at radius 3 is 2.00 bits per heavy atom. The van der Waals surface area contributed by atoms with Gasteiger partial charge in [0.2, 0.25) is 11.8 Å². The monoisotopic (exact) mass is 543 g/mol. The summed E-state index contributed by atoms with van der Waals surface area (Å²) in [5.74, 6) is -2.03. The molecule has 0 heterocycles. The second kappa shape index (κ2) is 13.1. The van der Waals surface area contributed by atoms with Crippen molar-refractivity contribution in [2.75, 3.05) is 17.4 Å². The highest BCUT2D eigenvalue weighted by Gasteiger charge is 2.33. The molecule has 7 nitrogen and oxygen atoms in total. The molecule has 1 unspecified atom stereocenters. The fraction of sp³-hybridized carbons (Fsp3) is 0.286. The van der Waals surface area contributed by atoms with Gasteiger partial charge in [-0.3, -0.25) is 13.9 Å². The summed E-state index contributed by atoms with van der Waals surface area (Å²) in [6, 6.07) is 17.0. The minimum atomic E-state index is -4.28. The number of hydrogen-bond donors (Lipinski definition) is 1. The van der Waals surface area contributed by atoms with Crippen LogP contribution >= 0.6 is 0 Å². The van der Waals surface area contributed by atoms with Gasteiger partial charge in [0.25, 0.3) is 10.0 Å². The molecule has 0 aliphatic carbocycles. The molecular weight excluding hydrogens is 512 g/mol. The van der Waals surface area contributed by atoms with Gasteiger partial charge in [-0.15, -0.1) is 0 Å². The van der Waals surface area contributed by atoms with Gasteiger partial charge in [0.1, 0.15) is 24.2 Å².